The summed E-state index contributed by atoms with van der Waals surface area (Å²) >= 11 is 0. The van der Waals surface area contributed by atoms with Crippen LogP contribution in [0.2, 0.25) is 0 Å². The van der Waals surface area contributed by atoms with Crippen LogP contribution in [-0.4, -0.2) is 26.0 Å². The summed E-state index contributed by atoms with van der Waals surface area (Å²) < 4.78 is 39.6. The van der Waals surface area contributed by atoms with E-state index in [2.05, 4.69) is 0 Å². The molecule has 0 heterocycles. The Bertz CT molecular complexity index is 306. The Morgan fingerprint density at radius 2 is 1.28 bits per heavy atom. The molecule has 2 aliphatic carbocycles. The number of hydrogen-bond acceptors (Lipinski definition) is 1. The van der Waals surface area contributed by atoms with Gasteiger partial charge in [-0.3, -0.25) is 4.21 Å². The van der Waals surface area contributed by atoms with Crippen LogP contribution in [0, 0.1) is 0 Å². The minimum absolute atomic E-state index is 0.481. The normalized spacial score (nSPS) is 47.8. The van der Waals surface area contributed by atoms with Crippen LogP contribution in [0.1, 0.15) is 65.2 Å². The molecular formula is C14H24F2OS. The first-order valence-electron chi connectivity index (χ1n) is 7.11. The maximum Gasteiger partial charge on any atom is 0.117 e. The minimum Gasteiger partial charge on any atom is -0.258 e. The molecule has 0 bridgehead atoms. The van der Waals surface area contributed by atoms with Gasteiger partial charge in [0.15, 0.2) is 0 Å². The van der Waals surface area contributed by atoms with Crippen LogP contribution in [0.25, 0.3) is 0 Å². The van der Waals surface area contributed by atoms with Crippen molar-refractivity contribution in [2.24, 2.45) is 0 Å². The predicted octanol–water partition coefficient (Wildman–Crippen LogP) is 4.08. The first kappa shape index (κ1) is 14.4. The molecule has 0 spiro atoms. The Labute approximate surface area is 111 Å². The van der Waals surface area contributed by atoms with Crippen molar-refractivity contribution >= 4 is 10.8 Å². The minimum atomic E-state index is -1.43. The maximum atomic E-state index is 14.2. The zero-order chi connectivity index (χ0) is 13.4. The Kier molecular flexibility index (Phi) is 4.15. The second-order valence-electron chi connectivity index (χ2n) is 6.32. The van der Waals surface area contributed by atoms with Gasteiger partial charge in [0, 0.05) is 10.8 Å². The summed E-state index contributed by atoms with van der Waals surface area (Å²) in [6.07, 6.45) is 3.69. The molecule has 2 fully saturated rings. The fourth-order valence-electron chi connectivity index (χ4n) is 3.47. The molecule has 2 rings (SSSR count). The largest absolute Gasteiger partial charge is 0.258 e. The molecule has 2 saturated carbocycles. The van der Waals surface area contributed by atoms with Crippen molar-refractivity contribution in [1.82, 2.24) is 0 Å². The molecule has 0 radical (unpaired) electrons. The Balaban J connectivity index is 2.23. The van der Waals surface area contributed by atoms with Crippen molar-refractivity contribution < 1.29 is 13.0 Å². The second kappa shape index (κ2) is 5.18. The van der Waals surface area contributed by atoms with Crippen LogP contribution in [0.4, 0.5) is 8.78 Å². The third kappa shape index (κ3) is 2.25. The topological polar surface area (TPSA) is 17.1 Å². The van der Waals surface area contributed by atoms with Crippen molar-refractivity contribution in [3.63, 3.8) is 0 Å². The molecule has 4 unspecified atom stereocenters. The highest BCUT2D eigenvalue weighted by Crippen LogP contribution is 2.45. The van der Waals surface area contributed by atoms with E-state index in [0.29, 0.717) is 25.7 Å². The summed E-state index contributed by atoms with van der Waals surface area (Å²) in [7, 11) is -1.43. The van der Waals surface area contributed by atoms with Gasteiger partial charge < -0.3 is 0 Å². The average Bonchev–Trinajstić information content (AvgIpc) is 2.36. The van der Waals surface area contributed by atoms with Gasteiger partial charge in [-0.15, -0.1) is 0 Å². The number of rotatable bonds is 2. The second-order valence-corrected chi connectivity index (χ2v) is 8.72. The lowest BCUT2D eigenvalue weighted by atomic mass is 9.87. The van der Waals surface area contributed by atoms with Gasteiger partial charge in [-0.05, 0) is 39.5 Å². The van der Waals surface area contributed by atoms with Crippen molar-refractivity contribution in [2.75, 3.05) is 0 Å². The fraction of sp³-hybridized carbons (Fsp3) is 1.00. The van der Waals surface area contributed by atoms with E-state index in [4.69, 9.17) is 0 Å². The predicted molar refractivity (Wildman–Crippen MR) is 71.7 cm³/mol. The zero-order valence-corrected chi connectivity index (χ0v) is 12.2. The third-order valence-electron chi connectivity index (χ3n) is 4.93. The molecule has 1 nitrogen and oxygen atoms in total. The summed E-state index contributed by atoms with van der Waals surface area (Å²) in [6, 6.07) is 0. The van der Waals surface area contributed by atoms with Crippen molar-refractivity contribution in [2.45, 2.75) is 87.1 Å². The molecule has 0 amide bonds. The van der Waals surface area contributed by atoms with Gasteiger partial charge in [-0.25, -0.2) is 8.78 Å². The lowest BCUT2D eigenvalue weighted by molar-refractivity contribution is 0.177. The molecular weight excluding hydrogens is 254 g/mol. The van der Waals surface area contributed by atoms with Crippen LogP contribution < -0.4 is 0 Å². The highest BCUT2D eigenvalue weighted by atomic mass is 32.2. The molecule has 0 aromatic rings. The quantitative estimate of drug-likeness (QED) is 0.744. The lowest BCUT2D eigenvalue weighted by Crippen LogP contribution is -2.55. The Hall–Kier alpha value is 0.01000. The molecule has 2 aliphatic rings. The van der Waals surface area contributed by atoms with E-state index in [1.807, 2.05) is 0 Å². The summed E-state index contributed by atoms with van der Waals surface area (Å²) in [5, 5.41) is 0. The summed E-state index contributed by atoms with van der Waals surface area (Å²) in [5.41, 5.74) is 0. The van der Waals surface area contributed by atoms with E-state index in [-0.39, 0.29) is 0 Å². The van der Waals surface area contributed by atoms with Crippen LogP contribution in [0.5, 0.6) is 0 Å². The van der Waals surface area contributed by atoms with Crippen LogP contribution in [0.3, 0.4) is 0 Å². The molecule has 0 aromatic heterocycles. The summed E-state index contributed by atoms with van der Waals surface area (Å²) in [4.78, 5) is 0. The SMILES string of the molecule is CC1(S(=O)C2(C)CCCCC2F)CCCCC1F. The maximum absolute atomic E-state index is 14.2. The van der Waals surface area contributed by atoms with Gasteiger partial charge >= 0.3 is 0 Å². The van der Waals surface area contributed by atoms with E-state index < -0.39 is 32.6 Å². The molecule has 0 saturated heterocycles. The summed E-state index contributed by atoms with van der Waals surface area (Å²) in [5.74, 6) is 0. The van der Waals surface area contributed by atoms with Gasteiger partial charge in [0.1, 0.15) is 12.3 Å². The standard InChI is InChI=1S/C14H24F2OS/c1-13(9-5-3-7-11(13)15)18(17)14(2)10-6-4-8-12(14)16/h11-12H,3-10H2,1-2H3. The molecule has 0 aromatic carbocycles. The molecule has 0 N–H and O–H groups in total. The fourth-order valence-corrected chi connectivity index (χ4v) is 5.90. The number of halogens is 2. The van der Waals surface area contributed by atoms with Crippen molar-refractivity contribution in [3.8, 4) is 0 Å². The van der Waals surface area contributed by atoms with Gasteiger partial charge in [0.2, 0.25) is 0 Å². The van der Waals surface area contributed by atoms with Crippen LogP contribution >= 0.6 is 0 Å². The molecule has 4 heteroatoms. The van der Waals surface area contributed by atoms with Crippen LogP contribution in [-0.2, 0) is 10.8 Å². The highest BCUT2D eigenvalue weighted by molar-refractivity contribution is 7.88. The smallest absolute Gasteiger partial charge is 0.117 e. The molecule has 18 heavy (non-hydrogen) atoms. The van der Waals surface area contributed by atoms with E-state index >= 15 is 0 Å². The number of alkyl halides is 2. The van der Waals surface area contributed by atoms with Gasteiger partial charge in [0.25, 0.3) is 0 Å². The van der Waals surface area contributed by atoms with Gasteiger partial charge in [0.05, 0.1) is 9.49 Å². The van der Waals surface area contributed by atoms with Crippen molar-refractivity contribution in [1.29, 1.82) is 0 Å². The third-order valence-corrected chi connectivity index (χ3v) is 7.55. The van der Waals surface area contributed by atoms with E-state index in [9.17, 15) is 13.0 Å². The first-order valence-corrected chi connectivity index (χ1v) is 8.26. The van der Waals surface area contributed by atoms with E-state index in [1.54, 1.807) is 13.8 Å². The highest BCUT2D eigenvalue weighted by Gasteiger charge is 2.53. The first-order chi connectivity index (χ1) is 8.41. The molecule has 0 aliphatic heterocycles. The van der Waals surface area contributed by atoms with E-state index in [1.165, 1.54) is 0 Å². The van der Waals surface area contributed by atoms with Gasteiger partial charge in [-0.2, -0.15) is 0 Å². The molecule has 4 atom stereocenters. The Morgan fingerprint density at radius 1 is 0.889 bits per heavy atom. The average molecular weight is 278 g/mol. The zero-order valence-electron chi connectivity index (χ0n) is 11.4. The van der Waals surface area contributed by atoms with E-state index in [0.717, 1.165) is 25.7 Å². The summed E-state index contributed by atoms with van der Waals surface area (Å²) in [6.45, 7) is 3.53. The lowest BCUT2D eigenvalue weighted by Gasteiger charge is -2.45. The van der Waals surface area contributed by atoms with Gasteiger partial charge in [-0.1, -0.05) is 25.7 Å². The van der Waals surface area contributed by atoms with Crippen molar-refractivity contribution in [3.05, 3.63) is 0 Å². The number of hydrogen-bond donors (Lipinski definition) is 0. The van der Waals surface area contributed by atoms with Crippen LogP contribution in [0.15, 0.2) is 0 Å². The molecule has 106 valence electrons. The Morgan fingerprint density at radius 3 is 1.61 bits per heavy atom. The monoisotopic (exact) mass is 278 g/mol.